The predicted molar refractivity (Wildman–Crippen MR) is 98.7 cm³/mol. The number of benzene rings is 1. The van der Waals surface area contributed by atoms with Crippen LogP contribution in [0.5, 0.6) is 11.5 Å². The van der Waals surface area contributed by atoms with E-state index in [1.807, 2.05) is 6.07 Å². The monoisotopic (exact) mass is 370 g/mol. The number of ether oxygens (including phenoxy) is 3. The van der Waals surface area contributed by atoms with Gasteiger partial charge in [0.1, 0.15) is 23.2 Å². The Labute approximate surface area is 157 Å². The maximum Gasteiger partial charge on any atom is 0.317 e. The van der Waals surface area contributed by atoms with E-state index in [2.05, 4.69) is 0 Å². The number of methoxy groups -OCH3 is 2. The molecule has 0 aliphatic heterocycles. The second-order valence-corrected chi connectivity index (χ2v) is 6.20. The first-order valence-electron chi connectivity index (χ1n) is 8.75. The lowest BCUT2D eigenvalue weighted by Crippen LogP contribution is -2.34. The Bertz CT molecular complexity index is 850. The first-order chi connectivity index (χ1) is 13.1. The number of carbonyl (C=O) groups is 2. The van der Waals surface area contributed by atoms with Gasteiger partial charge in [-0.05, 0) is 48.8 Å². The van der Waals surface area contributed by atoms with Crippen molar-refractivity contribution in [3.63, 3.8) is 0 Å². The first-order valence-corrected chi connectivity index (χ1v) is 8.75. The van der Waals surface area contributed by atoms with Gasteiger partial charge in [0, 0.05) is 12.0 Å². The molecule has 6 heteroatoms. The van der Waals surface area contributed by atoms with Crippen molar-refractivity contribution in [1.29, 1.82) is 0 Å². The minimum atomic E-state index is -0.925. The topological polar surface area (TPSA) is 75.0 Å². The van der Waals surface area contributed by atoms with Gasteiger partial charge in [-0.15, -0.1) is 0 Å². The molecule has 0 spiro atoms. The quantitative estimate of drug-likeness (QED) is 0.571. The van der Waals surface area contributed by atoms with Crippen molar-refractivity contribution in [1.82, 2.24) is 0 Å². The smallest absolute Gasteiger partial charge is 0.317 e. The van der Waals surface area contributed by atoms with E-state index in [4.69, 9.17) is 18.6 Å². The maximum absolute atomic E-state index is 12.8. The summed E-state index contributed by atoms with van der Waals surface area (Å²) in [5, 5.41) is 0. The lowest BCUT2D eigenvalue weighted by Gasteiger charge is -2.29. The van der Waals surface area contributed by atoms with Crippen molar-refractivity contribution in [3.05, 3.63) is 54.0 Å². The summed E-state index contributed by atoms with van der Waals surface area (Å²) in [6.45, 7) is 1.93. The van der Waals surface area contributed by atoms with Crippen LogP contribution >= 0.6 is 0 Å². The highest BCUT2D eigenvalue weighted by molar-refractivity contribution is 6.10. The average molecular weight is 370 g/mol. The van der Waals surface area contributed by atoms with E-state index in [1.54, 1.807) is 51.7 Å². The summed E-state index contributed by atoms with van der Waals surface area (Å²) in [5.74, 6) is -0.375. The molecule has 6 nitrogen and oxygen atoms in total. The van der Waals surface area contributed by atoms with Crippen molar-refractivity contribution >= 4 is 17.3 Å². The van der Waals surface area contributed by atoms with Crippen molar-refractivity contribution in [2.24, 2.45) is 5.92 Å². The molecule has 2 aromatic rings. The van der Waals surface area contributed by atoms with Crippen LogP contribution < -0.4 is 9.47 Å². The lowest BCUT2D eigenvalue weighted by molar-refractivity contribution is -0.151. The van der Waals surface area contributed by atoms with Crippen molar-refractivity contribution in [2.75, 3.05) is 20.8 Å². The first kappa shape index (κ1) is 18.8. The van der Waals surface area contributed by atoms with Gasteiger partial charge in [-0.1, -0.05) is 6.07 Å². The van der Waals surface area contributed by atoms with Crippen LogP contribution in [0.4, 0.5) is 0 Å². The highest BCUT2D eigenvalue weighted by Gasteiger charge is 2.41. The fraction of sp³-hybridized carbons (Fsp3) is 0.333. The molecule has 1 aromatic carbocycles. The molecule has 142 valence electrons. The fourth-order valence-corrected chi connectivity index (χ4v) is 3.43. The van der Waals surface area contributed by atoms with Gasteiger partial charge < -0.3 is 18.6 Å². The molecule has 2 atom stereocenters. The number of allylic oxidation sites excluding steroid dienone is 2. The van der Waals surface area contributed by atoms with E-state index in [-0.39, 0.29) is 12.4 Å². The van der Waals surface area contributed by atoms with Crippen LogP contribution in [0.1, 0.15) is 30.6 Å². The Balaban J connectivity index is 2.07. The zero-order chi connectivity index (χ0) is 19.4. The number of ketones is 1. The molecule has 1 aromatic heterocycles. The molecule has 0 saturated carbocycles. The van der Waals surface area contributed by atoms with Gasteiger partial charge in [0.25, 0.3) is 0 Å². The standard InChI is InChI=1S/C21H22O6/c1-4-26-21(23)20-16(15-8-7-14(24-2)12-19(15)25-3)10-13(11-17(20)22)18-6-5-9-27-18/h5-9,11-12,16,20H,4,10H2,1-3H3/t16-,20-/m1/s1. The van der Waals surface area contributed by atoms with Crippen LogP contribution in [0.15, 0.2) is 47.1 Å². The molecule has 0 bridgehead atoms. The second-order valence-electron chi connectivity index (χ2n) is 6.20. The third-order valence-electron chi connectivity index (χ3n) is 4.68. The molecule has 0 radical (unpaired) electrons. The van der Waals surface area contributed by atoms with Crippen LogP contribution in [0, 0.1) is 5.92 Å². The molecule has 1 heterocycles. The molecule has 0 unspecified atom stereocenters. The third-order valence-corrected chi connectivity index (χ3v) is 4.68. The fourth-order valence-electron chi connectivity index (χ4n) is 3.43. The van der Waals surface area contributed by atoms with Crippen LogP contribution in [0.25, 0.3) is 5.57 Å². The average Bonchev–Trinajstić information content (AvgIpc) is 3.21. The van der Waals surface area contributed by atoms with E-state index < -0.39 is 17.8 Å². The Kier molecular flexibility index (Phi) is 5.64. The molecule has 0 fully saturated rings. The van der Waals surface area contributed by atoms with Crippen molar-refractivity contribution in [3.8, 4) is 11.5 Å². The lowest BCUT2D eigenvalue weighted by atomic mass is 9.74. The number of hydrogen-bond donors (Lipinski definition) is 0. The molecular weight excluding hydrogens is 348 g/mol. The predicted octanol–water partition coefficient (Wildman–Crippen LogP) is 3.62. The number of furan rings is 1. The zero-order valence-electron chi connectivity index (χ0n) is 15.6. The summed E-state index contributed by atoms with van der Waals surface area (Å²) >= 11 is 0. The molecule has 1 aliphatic carbocycles. The van der Waals surface area contributed by atoms with E-state index in [0.717, 1.165) is 11.1 Å². The number of carbonyl (C=O) groups excluding carboxylic acids is 2. The molecule has 0 saturated heterocycles. The molecule has 3 rings (SSSR count). The summed E-state index contributed by atoms with van der Waals surface area (Å²) in [7, 11) is 3.11. The van der Waals surface area contributed by atoms with Gasteiger partial charge in [0.2, 0.25) is 0 Å². The Morgan fingerprint density at radius 2 is 2.04 bits per heavy atom. The van der Waals surface area contributed by atoms with Crippen LogP contribution in [0.2, 0.25) is 0 Å². The van der Waals surface area contributed by atoms with Gasteiger partial charge in [-0.25, -0.2) is 0 Å². The Morgan fingerprint density at radius 3 is 2.67 bits per heavy atom. The minimum absolute atomic E-state index is 0.212. The summed E-state index contributed by atoms with van der Waals surface area (Å²) in [5.41, 5.74) is 1.50. The van der Waals surface area contributed by atoms with Gasteiger partial charge in [-0.3, -0.25) is 9.59 Å². The second kappa shape index (κ2) is 8.12. The van der Waals surface area contributed by atoms with Crippen molar-refractivity contribution < 1.29 is 28.2 Å². The Morgan fingerprint density at radius 1 is 1.22 bits per heavy atom. The summed E-state index contributed by atoms with van der Waals surface area (Å²) in [6.07, 6.45) is 3.49. The van der Waals surface area contributed by atoms with E-state index in [0.29, 0.717) is 23.7 Å². The zero-order valence-corrected chi connectivity index (χ0v) is 15.6. The normalized spacial score (nSPS) is 19.4. The van der Waals surface area contributed by atoms with Gasteiger partial charge in [-0.2, -0.15) is 0 Å². The van der Waals surface area contributed by atoms with E-state index >= 15 is 0 Å². The van der Waals surface area contributed by atoms with Crippen LogP contribution in [-0.2, 0) is 14.3 Å². The highest BCUT2D eigenvalue weighted by Crippen LogP contribution is 2.44. The minimum Gasteiger partial charge on any atom is -0.497 e. The largest absolute Gasteiger partial charge is 0.497 e. The Hall–Kier alpha value is -3.02. The third kappa shape index (κ3) is 3.74. The molecule has 1 aliphatic rings. The number of hydrogen-bond acceptors (Lipinski definition) is 6. The maximum atomic E-state index is 12.8. The molecule has 0 amide bonds. The van der Waals surface area contributed by atoms with Crippen molar-refractivity contribution in [2.45, 2.75) is 19.3 Å². The molecule has 27 heavy (non-hydrogen) atoms. The highest BCUT2D eigenvalue weighted by atomic mass is 16.5. The summed E-state index contributed by atoms with van der Waals surface area (Å²) < 4.78 is 21.4. The van der Waals surface area contributed by atoms with Gasteiger partial charge >= 0.3 is 5.97 Å². The van der Waals surface area contributed by atoms with E-state index in [1.165, 1.54) is 6.08 Å². The van der Waals surface area contributed by atoms with Gasteiger partial charge in [0.15, 0.2) is 5.78 Å². The number of esters is 1. The SMILES string of the molecule is CCOC(=O)[C@H]1C(=O)C=C(c2ccco2)C[C@@H]1c1ccc(OC)cc1OC. The summed E-state index contributed by atoms with van der Waals surface area (Å²) in [6, 6.07) is 8.92. The number of rotatable bonds is 6. The summed E-state index contributed by atoms with van der Waals surface area (Å²) in [4.78, 5) is 25.4. The van der Waals surface area contributed by atoms with Gasteiger partial charge in [0.05, 0.1) is 27.1 Å². The molecular formula is C21H22O6. The molecule has 0 N–H and O–H groups in total. The van der Waals surface area contributed by atoms with Crippen LogP contribution in [0.3, 0.4) is 0 Å². The van der Waals surface area contributed by atoms with E-state index in [9.17, 15) is 9.59 Å². The van der Waals surface area contributed by atoms with Crippen LogP contribution in [-0.4, -0.2) is 32.6 Å².